The first-order valence-corrected chi connectivity index (χ1v) is 4.43. The highest BCUT2D eigenvalue weighted by atomic mass is 127. The largest absolute Gasteiger partial charge is 0.333 e. The maximum atomic E-state index is 10.8. The number of hydrogen-bond donors (Lipinski definition) is 1. The van der Waals surface area contributed by atoms with Gasteiger partial charge in [-0.3, -0.25) is 4.79 Å². The monoisotopic (exact) mass is 254 g/mol. The SMILES string of the molecule is CNC1CCN(C(=O)I)C1. The van der Waals surface area contributed by atoms with Gasteiger partial charge in [-0.05, 0) is 13.5 Å². The first kappa shape index (κ1) is 8.26. The smallest absolute Gasteiger partial charge is 0.283 e. The van der Waals surface area contributed by atoms with Gasteiger partial charge >= 0.3 is 0 Å². The number of carbonyl (C=O) groups excluding carboxylic acids is 1. The molecule has 0 aromatic carbocycles. The van der Waals surface area contributed by atoms with Gasteiger partial charge in [0.05, 0.1) is 0 Å². The molecule has 0 aromatic rings. The molecule has 1 rings (SSSR count). The minimum Gasteiger partial charge on any atom is -0.333 e. The molecule has 1 atom stereocenters. The van der Waals surface area contributed by atoms with Crippen molar-refractivity contribution < 1.29 is 4.79 Å². The number of halogens is 1. The van der Waals surface area contributed by atoms with Gasteiger partial charge in [-0.15, -0.1) is 0 Å². The number of likely N-dealkylation sites (N-methyl/N-ethyl adjacent to an activating group) is 1. The number of carbonyl (C=O) groups is 1. The van der Waals surface area contributed by atoms with E-state index in [1.807, 2.05) is 34.5 Å². The normalized spacial score (nSPS) is 25.4. The average Bonchev–Trinajstić information content (AvgIpc) is 2.34. The lowest BCUT2D eigenvalue weighted by molar-refractivity contribution is 0.235. The van der Waals surface area contributed by atoms with E-state index in [0.29, 0.717) is 6.04 Å². The van der Waals surface area contributed by atoms with Crippen molar-refractivity contribution in [2.45, 2.75) is 12.5 Å². The van der Waals surface area contributed by atoms with Crippen molar-refractivity contribution >= 4 is 26.5 Å². The van der Waals surface area contributed by atoms with Crippen LogP contribution >= 0.6 is 22.6 Å². The average molecular weight is 254 g/mol. The molecule has 0 aliphatic carbocycles. The van der Waals surface area contributed by atoms with Gasteiger partial charge in [-0.1, -0.05) is 0 Å². The van der Waals surface area contributed by atoms with Crippen molar-refractivity contribution in [2.24, 2.45) is 0 Å². The van der Waals surface area contributed by atoms with Crippen LogP contribution in [0.4, 0.5) is 4.79 Å². The molecular formula is C6H11IN2O. The maximum Gasteiger partial charge on any atom is 0.283 e. The molecule has 4 heteroatoms. The van der Waals surface area contributed by atoms with E-state index in [1.54, 1.807) is 0 Å². The van der Waals surface area contributed by atoms with E-state index in [4.69, 9.17) is 0 Å². The Kier molecular flexibility index (Phi) is 2.91. The Labute approximate surface area is 74.3 Å². The lowest BCUT2D eigenvalue weighted by Crippen LogP contribution is -2.30. The minimum atomic E-state index is 0.162. The molecule has 0 radical (unpaired) electrons. The van der Waals surface area contributed by atoms with Crippen molar-refractivity contribution in [3.8, 4) is 0 Å². The Morgan fingerprint density at radius 3 is 2.80 bits per heavy atom. The zero-order valence-electron chi connectivity index (χ0n) is 5.93. The van der Waals surface area contributed by atoms with E-state index in [2.05, 4.69) is 5.32 Å². The molecule has 3 nitrogen and oxygen atoms in total. The van der Waals surface area contributed by atoms with Gasteiger partial charge < -0.3 is 10.2 Å². The number of nitrogens with zero attached hydrogens (tertiary/aromatic N) is 1. The summed E-state index contributed by atoms with van der Waals surface area (Å²) in [5, 5.41) is 3.15. The van der Waals surface area contributed by atoms with E-state index in [-0.39, 0.29) is 3.91 Å². The number of likely N-dealkylation sites (tertiary alicyclic amines) is 1. The van der Waals surface area contributed by atoms with Crippen LogP contribution in [0, 0.1) is 0 Å². The van der Waals surface area contributed by atoms with E-state index in [0.717, 1.165) is 19.5 Å². The summed E-state index contributed by atoms with van der Waals surface area (Å²) in [6, 6.07) is 0.513. The van der Waals surface area contributed by atoms with E-state index >= 15 is 0 Å². The van der Waals surface area contributed by atoms with Crippen molar-refractivity contribution in [2.75, 3.05) is 20.1 Å². The Bertz CT molecular complexity index is 140. The summed E-state index contributed by atoms with van der Waals surface area (Å²) in [7, 11) is 1.94. The highest BCUT2D eigenvalue weighted by molar-refractivity contribution is 14.1. The molecule has 58 valence electrons. The second-order valence-electron chi connectivity index (χ2n) is 2.47. The summed E-state index contributed by atoms with van der Waals surface area (Å²) in [5.74, 6) is 0. The van der Waals surface area contributed by atoms with Gasteiger partial charge in [0.15, 0.2) is 0 Å². The first-order valence-electron chi connectivity index (χ1n) is 3.35. The second kappa shape index (κ2) is 3.52. The van der Waals surface area contributed by atoms with Crippen LogP contribution in [-0.4, -0.2) is 35.0 Å². The van der Waals surface area contributed by atoms with Crippen LogP contribution in [-0.2, 0) is 0 Å². The summed E-state index contributed by atoms with van der Waals surface area (Å²) in [4.78, 5) is 12.7. The molecular weight excluding hydrogens is 243 g/mol. The zero-order chi connectivity index (χ0) is 7.56. The van der Waals surface area contributed by atoms with Crippen LogP contribution in [0.5, 0.6) is 0 Å². The summed E-state index contributed by atoms with van der Waals surface area (Å²) >= 11 is 1.83. The molecule has 0 saturated carbocycles. The summed E-state index contributed by atoms with van der Waals surface area (Å²) in [6.45, 7) is 1.78. The minimum absolute atomic E-state index is 0.162. The third-order valence-corrected chi connectivity index (χ3v) is 2.53. The van der Waals surface area contributed by atoms with Gasteiger partial charge in [0.1, 0.15) is 0 Å². The fourth-order valence-corrected chi connectivity index (χ4v) is 1.59. The van der Waals surface area contributed by atoms with E-state index < -0.39 is 0 Å². The molecule has 1 saturated heterocycles. The Hall–Kier alpha value is 0.160. The van der Waals surface area contributed by atoms with Crippen molar-refractivity contribution in [3.63, 3.8) is 0 Å². The van der Waals surface area contributed by atoms with Gasteiger partial charge in [0.25, 0.3) is 3.91 Å². The van der Waals surface area contributed by atoms with Crippen LogP contribution in [0.15, 0.2) is 0 Å². The van der Waals surface area contributed by atoms with Crippen LogP contribution in [0.25, 0.3) is 0 Å². The molecule has 1 aliphatic heterocycles. The Morgan fingerprint density at radius 1 is 1.80 bits per heavy atom. The summed E-state index contributed by atoms with van der Waals surface area (Å²) in [6.07, 6.45) is 1.09. The lowest BCUT2D eigenvalue weighted by atomic mass is 10.3. The number of hydrogen-bond acceptors (Lipinski definition) is 2. The van der Waals surface area contributed by atoms with Crippen LogP contribution in [0.3, 0.4) is 0 Å². The molecule has 0 bridgehead atoms. The topological polar surface area (TPSA) is 32.3 Å². The summed E-state index contributed by atoms with van der Waals surface area (Å²) in [5.41, 5.74) is 0. The van der Waals surface area contributed by atoms with Crippen molar-refractivity contribution in [1.82, 2.24) is 10.2 Å². The molecule has 0 aromatic heterocycles. The number of amides is 1. The highest BCUT2D eigenvalue weighted by Gasteiger charge is 2.22. The molecule has 0 spiro atoms. The molecule has 1 aliphatic rings. The predicted molar refractivity (Wildman–Crippen MR) is 48.5 cm³/mol. The zero-order valence-corrected chi connectivity index (χ0v) is 8.09. The van der Waals surface area contributed by atoms with E-state index in [9.17, 15) is 4.79 Å². The standard InChI is InChI=1S/C6H11IN2O/c1-8-5-2-3-9(4-5)6(7)10/h5,8H,2-4H2,1H3. The predicted octanol–water partition coefficient (Wildman–Crippen LogP) is 0.835. The number of rotatable bonds is 1. The third kappa shape index (κ3) is 1.82. The lowest BCUT2D eigenvalue weighted by Gasteiger charge is -2.11. The van der Waals surface area contributed by atoms with Crippen LogP contribution in [0.1, 0.15) is 6.42 Å². The Balaban J connectivity index is 2.35. The van der Waals surface area contributed by atoms with Crippen molar-refractivity contribution in [1.29, 1.82) is 0 Å². The molecule has 1 unspecified atom stereocenters. The fourth-order valence-electron chi connectivity index (χ4n) is 1.16. The molecule has 10 heavy (non-hydrogen) atoms. The van der Waals surface area contributed by atoms with E-state index in [1.165, 1.54) is 0 Å². The van der Waals surface area contributed by atoms with Crippen molar-refractivity contribution in [3.05, 3.63) is 0 Å². The maximum absolute atomic E-state index is 10.8. The molecule has 1 heterocycles. The van der Waals surface area contributed by atoms with Gasteiger partial charge in [0.2, 0.25) is 0 Å². The fraction of sp³-hybridized carbons (Fsp3) is 0.833. The quantitative estimate of drug-likeness (QED) is 0.427. The second-order valence-corrected chi connectivity index (χ2v) is 3.40. The highest BCUT2D eigenvalue weighted by Crippen LogP contribution is 2.11. The van der Waals surface area contributed by atoms with Gasteiger partial charge in [-0.2, -0.15) is 0 Å². The molecule has 1 N–H and O–H groups in total. The molecule has 1 amide bonds. The Morgan fingerprint density at radius 2 is 2.50 bits per heavy atom. The van der Waals surface area contributed by atoms with Gasteiger partial charge in [-0.25, -0.2) is 0 Å². The summed E-state index contributed by atoms with van der Waals surface area (Å²) < 4.78 is 0.162. The van der Waals surface area contributed by atoms with Gasteiger partial charge in [0, 0.05) is 41.7 Å². The van der Waals surface area contributed by atoms with Crippen LogP contribution < -0.4 is 5.32 Å². The molecule has 1 fully saturated rings. The first-order chi connectivity index (χ1) is 4.74. The van der Waals surface area contributed by atoms with Crippen LogP contribution in [0.2, 0.25) is 0 Å². The number of nitrogens with one attached hydrogen (secondary N) is 1. The third-order valence-electron chi connectivity index (χ3n) is 1.85.